The first-order chi connectivity index (χ1) is 13.0. The first-order valence-electron chi connectivity index (χ1n) is 8.60. The molecule has 0 aliphatic carbocycles. The minimum Gasteiger partial charge on any atom is -0.369 e. The Morgan fingerprint density at radius 2 is 1.89 bits per heavy atom. The second-order valence-electron chi connectivity index (χ2n) is 6.43. The van der Waals surface area contributed by atoms with Crippen molar-refractivity contribution in [1.29, 1.82) is 0 Å². The van der Waals surface area contributed by atoms with Gasteiger partial charge in [-0.15, -0.1) is 11.3 Å². The minimum atomic E-state index is -0.353. The number of nitrogens with zero attached hydrogens (tertiary/aromatic N) is 1. The van der Waals surface area contributed by atoms with Crippen LogP contribution in [0.25, 0.3) is 10.4 Å². The average Bonchev–Trinajstić information content (AvgIpc) is 3.16. The molecule has 0 radical (unpaired) electrons. The van der Waals surface area contributed by atoms with Crippen LogP contribution in [0.5, 0.6) is 0 Å². The number of anilines is 1. The monoisotopic (exact) mass is 396 g/mol. The van der Waals surface area contributed by atoms with Crippen molar-refractivity contribution in [2.24, 2.45) is 5.73 Å². The van der Waals surface area contributed by atoms with Gasteiger partial charge in [0.25, 0.3) is 5.91 Å². The van der Waals surface area contributed by atoms with Crippen molar-refractivity contribution in [1.82, 2.24) is 0 Å². The van der Waals surface area contributed by atoms with E-state index in [1.807, 2.05) is 60.7 Å². The van der Waals surface area contributed by atoms with E-state index in [1.54, 1.807) is 4.90 Å². The predicted molar refractivity (Wildman–Crippen MR) is 109 cm³/mol. The number of fused-ring (bicyclic) bond motifs is 1. The summed E-state index contributed by atoms with van der Waals surface area (Å²) >= 11 is 7.51. The highest BCUT2D eigenvalue weighted by Crippen LogP contribution is 2.37. The Balaban J connectivity index is 1.66. The molecule has 0 spiro atoms. The second-order valence-corrected chi connectivity index (χ2v) is 7.95. The third-order valence-electron chi connectivity index (χ3n) is 4.76. The number of carbonyl (C=O) groups excluding carboxylic acids is 2. The molecule has 0 fully saturated rings. The van der Waals surface area contributed by atoms with Crippen molar-refractivity contribution in [2.45, 2.75) is 12.3 Å². The first kappa shape index (κ1) is 17.8. The number of nitrogens with two attached hydrogens (primary N) is 1. The van der Waals surface area contributed by atoms with Gasteiger partial charge in [0.2, 0.25) is 5.91 Å². The lowest BCUT2D eigenvalue weighted by molar-refractivity contribution is -0.119. The molecule has 4 nitrogen and oxygen atoms in total. The number of halogens is 1. The molecule has 1 aliphatic rings. The Labute approximate surface area is 166 Å². The van der Waals surface area contributed by atoms with E-state index in [2.05, 4.69) is 0 Å². The molecule has 2 N–H and O–H groups in total. The number of primary amides is 1. The van der Waals surface area contributed by atoms with Gasteiger partial charge >= 0.3 is 0 Å². The summed E-state index contributed by atoms with van der Waals surface area (Å²) in [5.74, 6) is -0.770. The van der Waals surface area contributed by atoms with Gasteiger partial charge in [-0.25, -0.2) is 0 Å². The van der Waals surface area contributed by atoms with Gasteiger partial charge in [0.15, 0.2) is 0 Å². The Morgan fingerprint density at radius 3 is 2.67 bits per heavy atom. The Bertz CT molecular complexity index is 1030. The number of amides is 2. The predicted octanol–water partition coefficient (Wildman–Crippen LogP) is 4.69. The molecule has 27 heavy (non-hydrogen) atoms. The second kappa shape index (κ2) is 7.18. The lowest BCUT2D eigenvalue weighted by Crippen LogP contribution is -2.39. The molecule has 1 aliphatic heterocycles. The molecule has 2 heterocycles. The number of hydrogen-bond donors (Lipinski definition) is 1. The minimum absolute atomic E-state index is 0.0661. The van der Waals surface area contributed by atoms with Crippen LogP contribution in [0.15, 0.2) is 60.7 Å². The first-order valence-corrected chi connectivity index (χ1v) is 9.80. The zero-order valence-electron chi connectivity index (χ0n) is 14.4. The topological polar surface area (TPSA) is 63.4 Å². The molecule has 1 aromatic heterocycles. The van der Waals surface area contributed by atoms with Crippen molar-refractivity contribution in [3.8, 4) is 10.4 Å². The summed E-state index contributed by atoms with van der Waals surface area (Å²) in [6.07, 6.45) is 0.532. The van der Waals surface area contributed by atoms with Crippen LogP contribution in [0.3, 0.4) is 0 Å². The summed E-state index contributed by atoms with van der Waals surface area (Å²) in [6, 6.07) is 18.8. The van der Waals surface area contributed by atoms with Crippen molar-refractivity contribution in [2.75, 3.05) is 11.4 Å². The van der Waals surface area contributed by atoms with E-state index in [9.17, 15) is 9.59 Å². The van der Waals surface area contributed by atoms with Crippen LogP contribution < -0.4 is 10.6 Å². The number of hydrogen-bond acceptors (Lipinski definition) is 3. The van der Waals surface area contributed by atoms with Gasteiger partial charge in [-0.2, -0.15) is 0 Å². The zero-order chi connectivity index (χ0) is 19.0. The largest absolute Gasteiger partial charge is 0.369 e. The van der Waals surface area contributed by atoms with Gasteiger partial charge in [0, 0.05) is 22.1 Å². The number of benzene rings is 2. The average molecular weight is 397 g/mol. The third kappa shape index (κ3) is 3.36. The van der Waals surface area contributed by atoms with Gasteiger partial charge in [0.05, 0.1) is 10.8 Å². The summed E-state index contributed by atoms with van der Waals surface area (Å²) in [4.78, 5) is 28.3. The third-order valence-corrected chi connectivity index (χ3v) is 6.12. The van der Waals surface area contributed by atoms with Crippen LogP contribution in [-0.2, 0) is 4.79 Å². The van der Waals surface area contributed by atoms with Crippen LogP contribution in [0.4, 0.5) is 5.69 Å². The fraction of sp³-hybridized carbons (Fsp3) is 0.143. The lowest BCUT2D eigenvalue weighted by atomic mass is 9.89. The lowest BCUT2D eigenvalue weighted by Gasteiger charge is -2.32. The van der Waals surface area contributed by atoms with Crippen molar-refractivity contribution >= 4 is 40.4 Å². The van der Waals surface area contributed by atoms with Crippen LogP contribution in [-0.4, -0.2) is 18.4 Å². The number of thiophene rings is 1. The molecule has 4 rings (SSSR count). The van der Waals surface area contributed by atoms with Crippen molar-refractivity contribution in [3.63, 3.8) is 0 Å². The van der Waals surface area contributed by atoms with E-state index in [4.69, 9.17) is 17.3 Å². The van der Waals surface area contributed by atoms with E-state index in [1.165, 1.54) is 11.3 Å². The fourth-order valence-electron chi connectivity index (χ4n) is 3.45. The molecule has 0 unspecified atom stereocenters. The number of carbonyl (C=O) groups is 2. The molecule has 0 bridgehead atoms. The highest BCUT2D eigenvalue weighted by atomic mass is 35.5. The molecule has 3 aromatic rings. The molecule has 6 heteroatoms. The van der Waals surface area contributed by atoms with Gasteiger partial charge in [-0.3, -0.25) is 9.59 Å². The van der Waals surface area contributed by atoms with E-state index in [-0.39, 0.29) is 17.7 Å². The smallest absolute Gasteiger partial charge is 0.268 e. The maximum absolute atomic E-state index is 13.1. The van der Waals surface area contributed by atoms with Crippen LogP contribution in [0, 0.1) is 0 Å². The van der Waals surface area contributed by atoms with Gasteiger partial charge in [-0.05, 0) is 47.9 Å². The maximum Gasteiger partial charge on any atom is 0.268 e. The number of rotatable bonds is 3. The summed E-state index contributed by atoms with van der Waals surface area (Å²) < 4.78 is 0. The quantitative estimate of drug-likeness (QED) is 0.698. The van der Waals surface area contributed by atoms with E-state index in [0.717, 1.165) is 21.7 Å². The molecule has 0 saturated heterocycles. The van der Waals surface area contributed by atoms with E-state index in [0.29, 0.717) is 22.9 Å². The molecule has 2 amide bonds. The van der Waals surface area contributed by atoms with Gasteiger partial charge in [-0.1, -0.05) is 41.9 Å². The Kier molecular flexibility index (Phi) is 4.72. The Hall–Kier alpha value is -2.63. The maximum atomic E-state index is 13.1. The van der Waals surface area contributed by atoms with Crippen LogP contribution in [0.2, 0.25) is 5.02 Å². The van der Waals surface area contributed by atoms with Crippen LogP contribution in [0.1, 0.15) is 27.6 Å². The molecular weight excluding hydrogens is 380 g/mol. The van der Waals surface area contributed by atoms with Crippen molar-refractivity contribution in [3.05, 3.63) is 76.1 Å². The summed E-state index contributed by atoms with van der Waals surface area (Å²) in [5, 5.41) is 0.663. The zero-order valence-corrected chi connectivity index (χ0v) is 16.0. The molecule has 2 aromatic carbocycles. The van der Waals surface area contributed by atoms with E-state index >= 15 is 0 Å². The van der Waals surface area contributed by atoms with Crippen LogP contribution >= 0.6 is 22.9 Å². The summed E-state index contributed by atoms with van der Waals surface area (Å²) in [7, 11) is 0. The molecule has 136 valence electrons. The molecule has 0 saturated carbocycles. The summed E-state index contributed by atoms with van der Waals surface area (Å²) in [5.41, 5.74) is 8.10. The highest BCUT2D eigenvalue weighted by Gasteiger charge is 2.32. The standard InChI is InChI=1S/C21H17ClN2O2S/c22-14-5-3-4-13(12-14)18-8-9-19(27-18)21(26)24-11-10-16(20(23)25)15-6-1-2-7-17(15)24/h1-9,12,16H,10-11H2,(H2,23,25)/t16-/m0/s1. The fourth-order valence-corrected chi connectivity index (χ4v) is 4.59. The normalized spacial score (nSPS) is 16.0. The van der Waals surface area contributed by atoms with E-state index < -0.39 is 0 Å². The molecular formula is C21H17ClN2O2S. The van der Waals surface area contributed by atoms with Gasteiger partial charge in [0.1, 0.15) is 0 Å². The van der Waals surface area contributed by atoms with Gasteiger partial charge < -0.3 is 10.6 Å². The molecule has 1 atom stereocenters. The van der Waals surface area contributed by atoms with Crippen molar-refractivity contribution < 1.29 is 9.59 Å². The number of para-hydroxylation sites is 1. The summed E-state index contributed by atoms with van der Waals surface area (Å²) in [6.45, 7) is 0.466. The highest BCUT2D eigenvalue weighted by molar-refractivity contribution is 7.17. The Morgan fingerprint density at radius 1 is 1.07 bits per heavy atom. The SMILES string of the molecule is NC(=O)[C@H]1CCN(C(=O)c2ccc(-c3cccc(Cl)c3)s2)c2ccccc21.